The molecule has 3 N–H and O–H groups in total. The van der Waals surface area contributed by atoms with Crippen molar-refractivity contribution in [1.82, 2.24) is 15.1 Å². The lowest BCUT2D eigenvalue weighted by Gasteiger charge is -2.07. The summed E-state index contributed by atoms with van der Waals surface area (Å²) in [6, 6.07) is 7.90. The molecule has 0 aliphatic carbocycles. The number of rotatable bonds is 5. The monoisotopic (exact) mass is 258 g/mol. The Balaban J connectivity index is 1.77. The number of nitrogens with two attached hydrogens (primary N) is 1. The zero-order valence-corrected chi connectivity index (χ0v) is 11.0. The van der Waals surface area contributed by atoms with Gasteiger partial charge < -0.3 is 11.1 Å². The number of carbonyl (C=O) groups is 1. The second-order valence-electron chi connectivity index (χ2n) is 4.49. The summed E-state index contributed by atoms with van der Waals surface area (Å²) in [6.07, 6.45) is 3.75. The number of nitrogen functional groups attached to an aromatic ring is 1. The predicted octanol–water partition coefficient (Wildman–Crippen LogP) is 1.13. The molecule has 1 aromatic carbocycles. The van der Waals surface area contributed by atoms with Crippen LogP contribution < -0.4 is 11.1 Å². The van der Waals surface area contributed by atoms with Crippen LogP contribution in [0.4, 0.5) is 5.69 Å². The van der Waals surface area contributed by atoms with Gasteiger partial charge in [-0.2, -0.15) is 5.10 Å². The molecule has 100 valence electrons. The quantitative estimate of drug-likeness (QED) is 0.844. The Morgan fingerprint density at radius 2 is 2.21 bits per heavy atom. The fourth-order valence-electron chi connectivity index (χ4n) is 1.86. The van der Waals surface area contributed by atoms with Gasteiger partial charge in [-0.25, -0.2) is 0 Å². The van der Waals surface area contributed by atoms with Crippen LogP contribution in [-0.4, -0.2) is 22.2 Å². The highest BCUT2D eigenvalue weighted by Gasteiger charge is 2.05. The summed E-state index contributed by atoms with van der Waals surface area (Å²) in [5.74, 6) is 0.0226. The Morgan fingerprint density at radius 1 is 1.42 bits per heavy atom. The van der Waals surface area contributed by atoms with Crippen LogP contribution in [-0.2, 0) is 17.8 Å². The van der Waals surface area contributed by atoms with Crippen LogP contribution in [0.25, 0.3) is 0 Å². The minimum Gasteiger partial charge on any atom is -0.396 e. The molecule has 5 nitrogen and oxygen atoms in total. The molecular formula is C14H18N4O. The van der Waals surface area contributed by atoms with Crippen molar-refractivity contribution in [1.29, 1.82) is 0 Å². The van der Waals surface area contributed by atoms with Gasteiger partial charge in [-0.3, -0.25) is 9.48 Å². The van der Waals surface area contributed by atoms with E-state index < -0.39 is 0 Å². The van der Waals surface area contributed by atoms with Crippen molar-refractivity contribution in [2.45, 2.75) is 19.9 Å². The van der Waals surface area contributed by atoms with E-state index in [0.717, 1.165) is 11.1 Å². The maximum atomic E-state index is 11.8. The van der Waals surface area contributed by atoms with Crippen LogP contribution in [0, 0.1) is 6.92 Å². The van der Waals surface area contributed by atoms with Gasteiger partial charge in [0, 0.05) is 12.7 Å². The van der Waals surface area contributed by atoms with E-state index >= 15 is 0 Å². The van der Waals surface area contributed by atoms with Gasteiger partial charge >= 0.3 is 0 Å². The third-order valence-corrected chi connectivity index (χ3v) is 2.93. The normalized spacial score (nSPS) is 10.4. The number of nitrogens with one attached hydrogen (secondary N) is 1. The molecule has 2 rings (SSSR count). The average molecular weight is 258 g/mol. The molecule has 0 saturated heterocycles. The highest BCUT2D eigenvalue weighted by atomic mass is 16.1. The summed E-state index contributed by atoms with van der Waals surface area (Å²) in [6.45, 7) is 3.18. The molecule has 19 heavy (non-hydrogen) atoms. The first-order valence-electron chi connectivity index (χ1n) is 6.24. The van der Waals surface area contributed by atoms with Crippen LogP contribution >= 0.6 is 0 Å². The van der Waals surface area contributed by atoms with Gasteiger partial charge in [0.1, 0.15) is 0 Å². The summed E-state index contributed by atoms with van der Waals surface area (Å²) in [5.41, 5.74) is 8.38. The van der Waals surface area contributed by atoms with E-state index in [1.54, 1.807) is 17.1 Å². The van der Waals surface area contributed by atoms with Crippen LogP contribution in [0.2, 0.25) is 0 Å². The van der Waals surface area contributed by atoms with Crippen molar-refractivity contribution in [2.24, 2.45) is 0 Å². The third kappa shape index (κ3) is 3.84. The molecule has 0 aliphatic heterocycles. The second-order valence-corrected chi connectivity index (χ2v) is 4.49. The lowest BCUT2D eigenvalue weighted by Crippen LogP contribution is -2.28. The van der Waals surface area contributed by atoms with E-state index in [-0.39, 0.29) is 5.91 Å². The number of aromatic nitrogens is 2. The zero-order chi connectivity index (χ0) is 13.7. The van der Waals surface area contributed by atoms with Gasteiger partial charge in [0.25, 0.3) is 0 Å². The van der Waals surface area contributed by atoms with E-state index in [4.69, 9.17) is 5.73 Å². The molecule has 0 bridgehead atoms. The summed E-state index contributed by atoms with van der Waals surface area (Å²) >= 11 is 0. The van der Waals surface area contributed by atoms with Gasteiger partial charge in [-0.1, -0.05) is 24.3 Å². The van der Waals surface area contributed by atoms with Crippen LogP contribution in [0.1, 0.15) is 11.1 Å². The summed E-state index contributed by atoms with van der Waals surface area (Å²) in [7, 11) is 0. The third-order valence-electron chi connectivity index (χ3n) is 2.93. The van der Waals surface area contributed by atoms with Crippen molar-refractivity contribution in [3.05, 3.63) is 47.8 Å². The molecule has 0 saturated carbocycles. The van der Waals surface area contributed by atoms with Crippen molar-refractivity contribution in [3.63, 3.8) is 0 Å². The largest absolute Gasteiger partial charge is 0.396 e. The van der Waals surface area contributed by atoms with Crippen LogP contribution in [0.15, 0.2) is 36.7 Å². The number of hydrogen-bond donors (Lipinski definition) is 2. The van der Waals surface area contributed by atoms with Crippen molar-refractivity contribution < 1.29 is 4.79 Å². The van der Waals surface area contributed by atoms with Crippen molar-refractivity contribution in [3.8, 4) is 0 Å². The summed E-state index contributed by atoms with van der Waals surface area (Å²) in [5, 5.41) is 6.93. The van der Waals surface area contributed by atoms with Crippen molar-refractivity contribution >= 4 is 11.6 Å². The Labute approximate surface area is 112 Å². The summed E-state index contributed by atoms with van der Waals surface area (Å²) in [4.78, 5) is 11.8. The molecule has 1 heterocycles. The molecule has 1 aromatic heterocycles. The average Bonchev–Trinajstić information content (AvgIpc) is 2.78. The fraction of sp³-hybridized carbons (Fsp3) is 0.286. The molecule has 5 heteroatoms. The SMILES string of the molecule is Cc1ccccc1CC(=O)NCCn1cc(N)cn1. The highest BCUT2D eigenvalue weighted by molar-refractivity contribution is 5.78. The van der Waals surface area contributed by atoms with E-state index in [1.165, 1.54) is 0 Å². The molecule has 2 aromatic rings. The van der Waals surface area contributed by atoms with E-state index in [0.29, 0.717) is 25.2 Å². The fourth-order valence-corrected chi connectivity index (χ4v) is 1.86. The number of hydrogen-bond acceptors (Lipinski definition) is 3. The Kier molecular flexibility index (Phi) is 4.18. The molecule has 0 spiro atoms. The summed E-state index contributed by atoms with van der Waals surface area (Å²) < 4.78 is 1.71. The lowest BCUT2D eigenvalue weighted by molar-refractivity contribution is -0.120. The van der Waals surface area contributed by atoms with Crippen LogP contribution in [0.5, 0.6) is 0 Å². The molecule has 1 amide bonds. The van der Waals surface area contributed by atoms with Crippen LogP contribution in [0.3, 0.4) is 0 Å². The first-order chi connectivity index (χ1) is 9.15. The molecule has 0 fully saturated rings. The molecule has 0 atom stereocenters. The first kappa shape index (κ1) is 13.1. The Bertz CT molecular complexity index is 562. The second kappa shape index (κ2) is 6.04. The van der Waals surface area contributed by atoms with Crippen molar-refractivity contribution in [2.75, 3.05) is 12.3 Å². The lowest BCUT2D eigenvalue weighted by atomic mass is 10.1. The number of anilines is 1. The molecular weight excluding hydrogens is 240 g/mol. The predicted molar refractivity (Wildman–Crippen MR) is 74.5 cm³/mol. The van der Waals surface area contributed by atoms with Gasteiger partial charge in [-0.05, 0) is 18.1 Å². The zero-order valence-electron chi connectivity index (χ0n) is 11.0. The first-order valence-corrected chi connectivity index (χ1v) is 6.24. The topological polar surface area (TPSA) is 72.9 Å². The minimum absolute atomic E-state index is 0.0226. The number of amides is 1. The Morgan fingerprint density at radius 3 is 2.89 bits per heavy atom. The smallest absolute Gasteiger partial charge is 0.224 e. The van der Waals surface area contributed by atoms with E-state index in [2.05, 4.69) is 10.4 Å². The van der Waals surface area contributed by atoms with E-state index in [9.17, 15) is 4.79 Å². The van der Waals surface area contributed by atoms with Gasteiger partial charge in [0.2, 0.25) is 5.91 Å². The maximum absolute atomic E-state index is 11.8. The molecule has 0 radical (unpaired) electrons. The van der Waals surface area contributed by atoms with E-state index in [1.807, 2.05) is 31.2 Å². The molecule has 0 aliphatic rings. The van der Waals surface area contributed by atoms with Gasteiger partial charge in [-0.15, -0.1) is 0 Å². The Hall–Kier alpha value is -2.30. The number of aryl methyl sites for hydroxylation is 1. The number of benzene rings is 1. The molecule has 0 unspecified atom stereocenters. The number of nitrogens with zero attached hydrogens (tertiary/aromatic N) is 2. The number of carbonyl (C=O) groups excluding carboxylic acids is 1. The van der Waals surface area contributed by atoms with Gasteiger partial charge in [0.15, 0.2) is 0 Å². The standard InChI is InChI=1S/C14H18N4O/c1-11-4-2-3-5-12(11)8-14(19)16-6-7-18-10-13(15)9-17-18/h2-5,9-10H,6-8,15H2,1H3,(H,16,19). The minimum atomic E-state index is 0.0226. The van der Waals surface area contributed by atoms with Gasteiger partial charge in [0.05, 0.1) is 24.8 Å². The highest BCUT2D eigenvalue weighted by Crippen LogP contribution is 2.07. The maximum Gasteiger partial charge on any atom is 0.224 e.